The van der Waals surface area contributed by atoms with E-state index in [1.165, 1.54) is 11.3 Å². The van der Waals surface area contributed by atoms with Crippen LogP contribution in [0.3, 0.4) is 0 Å². The molecule has 1 amide bonds. The number of thiazole rings is 1. The average molecular weight is 289 g/mol. The van der Waals surface area contributed by atoms with E-state index in [2.05, 4.69) is 17.2 Å². The van der Waals surface area contributed by atoms with Gasteiger partial charge in [-0.05, 0) is 18.4 Å². The van der Waals surface area contributed by atoms with Gasteiger partial charge in [0.1, 0.15) is 4.88 Å². The number of amides is 1. The molecule has 2 aromatic rings. The summed E-state index contributed by atoms with van der Waals surface area (Å²) in [5.41, 5.74) is 7.06. The summed E-state index contributed by atoms with van der Waals surface area (Å²) in [6, 6.07) is 9.56. The number of nitrogens with one attached hydrogen (secondary N) is 1. The molecule has 0 aliphatic heterocycles. The van der Waals surface area contributed by atoms with Crippen LogP contribution in [0.25, 0.3) is 0 Å². The van der Waals surface area contributed by atoms with Crippen LogP contribution in [0.4, 0.5) is 0 Å². The molecule has 5 heteroatoms. The monoisotopic (exact) mass is 289 g/mol. The third-order valence-corrected chi connectivity index (χ3v) is 4.01. The summed E-state index contributed by atoms with van der Waals surface area (Å²) < 4.78 is 0. The minimum Gasteiger partial charge on any atom is -0.349 e. The summed E-state index contributed by atoms with van der Waals surface area (Å²) in [7, 11) is 0. The molecule has 0 radical (unpaired) electrons. The Balaban J connectivity index is 1.88. The maximum Gasteiger partial charge on any atom is 0.263 e. The van der Waals surface area contributed by atoms with E-state index in [4.69, 9.17) is 5.73 Å². The molecule has 1 aromatic carbocycles. The number of aromatic nitrogens is 1. The van der Waals surface area contributed by atoms with Gasteiger partial charge in [0, 0.05) is 12.6 Å². The van der Waals surface area contributed by atoms with E-state index >= 15 is 0 Å². The highest BCUT2D eigenvalue weighted by atomic mass is 32.1. The lowest BCUT2D eigenvalue weighted by Crippen LogP contribution is -2.31. The Morgan fingerprint density at radius 2 is 2.15 bits per heavy atom. The highest BCUT2D eigenvalue weighted by molar-refractivity contribution is 7.13. The maximum absolute atomic E-state index is 12.0. The van der Waals surface area contributed by atoms with Crippen molar-refractivity contribution >= 4 is 17.2 Å². The molecule has 0 saturated heterocycles. The van der Waals surface area contributed by atoms with E-state index in [9.17, 15) is 4.79 Å². The first-order chi connectivity index (χ1) is 9.70. The van der Waals surface area contributed by atoms with Gasteiger partial charge in [-0.2, -0.15) is 0 Å². The van der Waals surface area contributed by atoms with Gasteiger partial charge in [-0.3, -0.25) is 4.79 Å². The minimum atomic E-state index is -0.191. The molecule has 1 atom stereocenters. The molecular weight excluding hydrogens is 270 g/mol. The zero-order valence-corrected chi connectivity index (χ0v) is 12.3. The van der Waals surface area contributed by atoms with E-state index in [1.54, 1.807) is 6.20 Å². The van der Waals surface area contributed by atoms with Gasteiger partial charge in [0.2, 0.25) is 0 Å². The minimum absolute atomic E-state index is 0.101. The Kier molecular flexibility index (Phi) is 5.26. The number of hydrogen-bond donors (Lipinski definition) is 2. The fraction of sp³-hybridized carbons (Fsp3) is 0.333. The molecule has 0 aliphatic rings. The number of hydrogen-bond acceptors (Lipinski definition) is 4. The Labute approximate surface area is 123 Å². The number of carbonyl (C=O) groups is 1. The molecule has 1 aromatic heterocycles. The lowest BCUT2D eigenvalue weighted by Gasteiger charge is -2.12. The summed E-state index contributed by atoms with van der Waals surface area (Å²) in [6.07, 6.45) is 3.59. The van der Waals surface area contributed by atoms with Crippen molar-refractivity contribution in [1.82, 2.24) is 10.3 Å². The molecule has 3 N–H and O–H groups in total. The number of nitrogens with two attached hydrogens (primary N) is 1. The smallest absolute Gasteiger partial charge is 0.263 e. The van der Waals surface area contributed by atoms with Crippen LogP contribution in [-0.2, 0) is 6.42 Å². The van der Waals surface area contributed by atoms with Crippen molar-refractivity contribution in [3.05, 3.63) is 52.0 Å². The topological polar surface area (TPSA) is 68.0 Å². The van der Waals surface area contributed by atoms with Crippen molar-refractivity contribution in [2.75, 3.05) is 6.54 Å². The second kappa shape index (κ2) is 7.17. The van der Waals surface area contributed by atoms with Crippen LogP contribution in [0.5, 0.6) is 0 Å². The normalized spacial score (nSPS) is 12.1. The summed E-state index contributed by atoms with van der Waals surface area (Å²) in [5, 5.41) is 3.86. The van der Waals surface area contributed by atoms with Crippen molar-refractivity contribution in [3.8, 4) is 0 Å². The summed E-state index contributed by atoms with van der Waals surface area (Å²) in [5.74, 6) is -0.101. The van der Waals surface area contributed by atoms with Gasteiger partial charge in [-0.25, -0.2) is 4.98 Å². The van der Waals surface area contributed by atoms with Gasteiger partial charge in [-0.15, -0.1) is 11.3 Å². The van der Waals surface area contributed by atoms with Gasteiger partial charge in [0.15, 0.2) is 0 Å². The fourth-order valence-corrected chi connectivity index (χ4v) is 2.79. The quantitative estimate of drug-likeness (QED) is 0.858. The van der Waals surface area contributed by atoms with Crippen LogP contribution in [0.2, 0.25) is 0 Å². The first-order valence-corrected chi connectivity index (χ1v) is 7.55. The standard InChI is InChI=1S/C15H19N3OS/c1-2-6-14-17-10-13(20-14)15(19)18-9-12(16)11-7-4-3-5-8-11/h3-5,7-8,10,12H,2,6,9,16H2,1H3,(H,18,19). The molecule has 0 aliphatic carbocycles. The second-order valence-electron chi connectivity index (χ2n) is 4.60. The van der Waals surface area contributed by atoms with Gasteiger partial charge < -0.3 is 11.1 Å². The van der Waals surface area contributed by atoms with Crippen LogP contribution < -0.4 is 11.1 Å². The van der Waals surface area contributed by atoms with Gasteiger partial charge in [0.05, 0.1) is 11.2 Å². The molecule has 2 rings (SSSR count). The zero-order chi connectivity index (χ0) is 14.4. The summed E-state index contributed by atoms with van der Waals surface area (Å²) >= 11 is 1.45. The van der Waals surface area contributed by atoms with Crippen molar-refractivity contribution in [1.29, 1.82) is 0 Å². The van der Waals surface area contributed by atoms with E-state index in [1.807, 2.05) is 30.3 Å². The Morgan fingerprint density at radius 3 is 2.85 bits per heavy atom. The molecule has 4 nitrogen and oxygen atoms in total. The van der Waals surface area contributed by atoms with Crippen LogP contribution in [0.15, 0.2) is 36.5 Å². The molecule has 0 bridgehead atoms. The molecule has 0 saturated carbocycles. The van der Waals surface area contributed by atoms with Crippen LogP contribution in [0, 0.1) is 0 Å². The predicted octanol–water partition coefficient (Wildman–Crippen LogP) is 2.53. The van der Waals surface area contributed by atoms with Crippen LogP contribution >= 0.6 is 11.3 Å². The highest BCUT2D eigenvalue weighted by Gasteiger charge is 2.12. The van der Waals surface area contributed by atoms with Crippen molar-refractivity contribution in [2.24, 2.45) is 5.73 Å². The SMILES string of the molecule is CCCc1ncc(C(=O)NCC(N)c2ccccc2)s1. The number of aryl methyl sites for hydroxylation is 1. The van der Waals surface area contributed by atoms with E-state index in [-0.39, 0.29) is 11.9 Å². The number of nitrogens with zero attached hydrogens (tertiary/aromatic N) is 1. The fourth-order valence-electron chi connectivity index (χ4n) is 1.85. The number of benzene rings is 1. The molecule has 0 spiro atoms. The summed E-state index contributed by atoms with van der Waals surface area (Å²) in [6.45, 7) is 2.52. The third-order valence-electron chi connectivity index (χ3n) is 2.95. The van der Waals surface area contributed by atoms with Crippen molar-refractivity contribution < 1.29 is 4.79 Å². The number of carbonyl (C=O) groups excluding carboxylic acids is 1. The zero-order valence-electron chi connectivity index (χ0n) is 11.5. The van der Waals surface area contributed by atoms with Crippen molar-refractivity contribution in [2.45, 2.75) is 25.8 Å². The Bertz CT molecular complexity index is 553. The lowest BCUT2D eigenvalue weighted by molar-refractivity contribution is 0.0955. The first-order valence-electron chi connectivity index (χ1n) is 6.74. The third kappa shape index (κ3) is 3.88. The van der Waals surface area contributed by atoms with Gasteiger partial charge in [-0.1, -0.05) is 37.3 Å². The Hall–Kier alpha value is -1.72. The second-order valence-corrected chi connectivity index (χ2v) is 5.71. The molecule has 0 fully saturated rings. The van der Waals surface area contributed by atoms with Crippen LogP contribution in [0.1, 0.15) is 39.6 Å². The molecular formula is C15H19N3OS. The largest absolute Gasteiger partial charge is 0.349 e. The first kappa shape index (κ1) is 14.7. The number of rotatable bonds is 6. The van der Waals surface area contributed by atoms with E-state index in [0.717, 1.165) is 23.4 Å². The Morgan fingerprint density at radius 1 is 1.40 bits per heavy atom. The van der Waals surface area contributed by atoms with Gasteiger partial charge in [0.25, 0.3) is 5.91 Å². The predicted molar refractivity (Wildman–Crippen MR) is 81.8 cm³/mol. The van der Waals surface area contributed by atoms with Crippen LogP contribution in [-0.4, -0.2) is 17.4 Å². The lowest BCUT2D eigenvalue weighted by atomic mass is 10.1. The van der Waals surface area contributed by atoms with E-state index in [0.29, 0.717) is 11.4 Å². The molecule has 20 heavy (non-hydrogen) atoms. The van der Waals surface area contributed by atoms with Gasteiger partial charge >= 0.3 is 0 Å². The van der Waals surface area contributed by atoms with Crippen molar-refractivity contribution in [3.63, 3.8) is 0 Å². The average Bonchev–Trinajstić information content (AvgIpc) is 2.94. The molecule has 1 heterocycles. The highest BCUT2D eigenvalue weighted by Crippen LogP contribution is 2.15. The molecule has 1 unspecified atom stereocenters. The summed E-state index contributed by atoms with van der Waals surface area (Å²) in [4.78, 5) is 16.9. The molecule has 106 valence electrons. The maximum atomic E-state index is 12.0. The van der Waals surface area contributed by atoms with E-state index < -0.39 is 0 Å².